The van der Waals surface area contributed by atoms with Crippen molar-refractivity contribution in [3.05, 3.63) is 47.6 Å². The SMILES string of the molecule is CN=C(NCC(=O)Nc1ccc(F)cc1)NC1CCN(c2cccs2)CC1. The number of thiophene rings is 1. The maximum atomic E-state index is 12.9. The molecule has 1 aromatic heterocycles. The Hall–Kier alpha value is -2.61. The topological polar surface area (TPSA) is 68.8 Å². The molecule has 1 saturated heterocycles. The Kier molecular flexibility index (Phi) is 6.64. The number of carbonyl (C=O) groups is 1. The smallest absolute Gasteiger partial charge is 0.243 e. The standard InChI is InChI=1S/C19H24FN5OS/c1-21-19(22-13-17(26)23-15-6-4-14(20)5-7-15)24-16-8-10-25(11-9-16)18-3-2-12-27-18/h2-7,12,16H,8-11,13H2,1H3,(H,23,26)(H2,21,22,24). The first-order valence-electron chi connectivity index (χ1n) is 8.95. The summed E-state index contributed by atoms with van der Waals surface area (Å²) in [5, 5.41) is 12.5. The van der Waals surface area contributed by atoms with E-state index in [1.165, 1.54) is 29.3 Å². The number of amides is 1. The molecule has 0 bridgehead atoms. The van der Waals surface area contributed by atoms with E-state index in [-0.39, 0.29) is 18.3 Å². The van der Waals surface area contributed by atoms with Crippen LogP contribution in [0.4, 0.5) is 15.1 Å². The van der Waals surface area contributed by atoms with Gasteiger partial charge in [-0.1, -0.05) is 0 Å². The van der Waals surface area contributed by atoms with Gasteiger partial charge in [0.1, 0.15) is 5.82 Å². The van der Waals surface area contributed by atoms with E-state index in [2.05, 4.69) is 43.4 Å². The molecule has 0 atom stereocenters. The summed E-state index contributed by atoms with van der Waals surface area (Å²) in [6, 6.07) is 10.2. The average molecular weight is 390 g/mol. The summed E-state index contributed by atoms with van der Waals surface area (Å²) in [6.45, 7) is 2.09. The largest absolute Gasteiger partial charge is 0.363 e. The maximum Gasteiger partial charge on any atom is 0.243 e. The van der Waals surface area contributed by atoms with Gasteiger partial charge in [-0.05, 0) is 54.6 Å². The van der Waals surface area contributed by atoms with Crippen molar-refractivity contribution in [2.45, 2.75) is 18.9 Å². The summed E-state index contributed by atoms with van der Waals surface area (Å²) in [6.07, 6.45) is 2.03. The third-order valence-electron chi connectivity index (χ3n) is 4.42. The second-order valence-corrected chi connectivity index (χ2v) is 7.26. The molecule has 0 radical (unpaired) electrons. The molecule has 6 nitrogen and oxygen atoms in total. The zero-order chi connectivity index (χ0) is 19.1. The average Bonchev–Trinajstić information content (AvgIpc) is 3.22. The van der Waals surface area contributed by atoms with Gasteiger partial charge in [0.15, 0.2) is 5.96 Å². The number of rotatable bonds is 5. The lowest BCUT2D eigenvalue weighted by atomic mass is 10.1. The second-order valence-electron chi connectivity index (χ2n) is 6.34. The number of nitrogens with one attached hydrogen (secondary N) is 3. The monoisotopic (exact) mass is 389 g/mol. The molecule has 2 aromatic rings. The highest BCUT2D eigenvalue weighted by Gasteiger charge is 2.20. The van der Waals surface area contributed by atoms with E-state index < -0.39 is 0 Å². The molecule has 0 aliphatic carbocycles. The molecule has 1 amide bonds. The maximum absolute atomic E-state index is 12.9. The first-order valence-corrected chi connectivity index (χ1v) is 9.83. The lowest BCUT2D eigenvalue weighted by Gasteiger charge is -2.33. The second kappa shape index (κ2) is 9.36. The van der Waals surface area contributed by atoms with Crippen molar-refractivity contribution in [1.29, 1.82) is 0 Å². The Labute approximate surface area is 162 Å². The van der Waals surface area contributed by atoms with Gasteiger partial charge < -0.3 is 20.9 Å². The van der Waals surface area contributed by atoms with Crippen LogP contribution in [0.15, 0.2) is 46.8 Å². The minimum Gasteiger partial charge on any atom is -0.363 e. The predicted molar refractivity (Wildman–Crippen MR) is 109 cm³/mol. The minimum atomic E-state index is -0.333. The lowest BCUT2D eigenvalue weighted by molar-refractivity contribution is -0.115. The van der Waals surface area contributed by atoms with Crippen molar-refractivity contribution >= 4 is 33.9 Å². The lowest BCUT2D eigenvalue weighted by Crippen LogP contribution is -2.49. The van der Waals surface area contributed by atoms with E-state index >= 15 is 0 Å². The van der Waals surface area contributed by atoms with E-state index in [1.54, 1.807) is 18.4 Å². The van der Waals surface area contributed by atoms with Crippen molar-refractivity contribution < 1.29 is 9.18 Å². The molecule has 27 heavy (non-hydrogen) atoms. The first kappa shape index (κ1) is 19.2. The zero-order valence-corrected chi connectivity index (χ0v) is 16.1. The fourth-order valence-electron chi connectivity index (χ4n) is 2.98. The van der Waals surface area contributed by atoms with Gasteiger partial charge in [0.2, 0.25) is 5.91 Å². The molecule has 8 heteroatoms. The third kappa shape index (κ3) is 5.68. The molecule has 1 aromatic carbocycles. The molecule has 2 heterocycles. The number of aliphatic imine (C=N–C) groups is 1. The molecule has 3 N–H and O–H groups in total. The van der Waals surface area contributed by atoms with E-state index in [0.717, 1.165) is 25.9 Å². The van der Waals surface area contributed by atoms with Crippen molar-refractivity contribution in [1.82, 2.24) is 10.6 Å². The summed E-state index contributed by atoms with van der Waals surface area (Å²) >= 11 is 1.77. The van der Waals surface area contributed by atoms with Gasteiger partial charge in [-0.15, -0.1) is 11.3 Å². The molecule has 1 aliphatic rings. The zero-order valence-electron chi connectivity index (χ0n) is 15.2. The van der Waals surface area contributed by atoms with Gasteiger partial charge >= 0.3 is 0 Å². The number of nitrogens with zero attached hydrogens (tertiary/aromatic N) is 2. The molecular formula is C19H24FN5OS. The van der Waals surface area contributed by atoms with E-state index in [1.807, 2.05) is 0 Å². The van der Waals surface area contributed by atoms with Crippen molar-refractivity contribution in [2.24, 2.45) is 4.99 Å². The van der Waals surface area contributed by atoms with E-state index in [9.17, 15) is 9.18 Å². The van der Waals surface area contributed by atoms with Crippen LogP contribution in [0.1, 0.15) is 12.8 Å². The Morgan fingerprint density at radius 2 is 2.00 bits per heavy atom. The van der Waals surface area contributed by atoms with Crippen LogP contribution in [-0.2, 0) is 4.79 Å². The summed E-state index contributed by atoms with van der Waals surface area (Å²) in [5.41, 5.74) is 0.562. The molecule has 144 valence electrons. The van der Waals surface area contributed by atoms with Crippen molar-refractivity contribution in [3.63, 3.8) is 0 Å². The summed E-state index contributed by atoms with van der Waals surface area (Å²) in [4.78, 5) is 18.6. The van der Waals surface area contributed by atoms with Gasteiger partial charge in [0, 0.05) is 31.9 Å². The number of anilines is 2. The fourth-order valence-corrected chi connectivity index (χ4v) is 3.77. The number of halogens is 1. The van der Waals surface area contributed by atoms with Crippen LogP contribution in [0.3, 0.4) is 0 Å². The van der Waals surface area contributed by atoms with Crippen LogP contribution in [0.25, 0.3) is 0 Å². The molecule has 1 fully saturated rings. The van der Waals surface area contributed by atoms with Crippen LogP contribution < -0.4 is 20.9 Å². The Bertz CT molecular complexity index is 755. The van der Waals surface area contributed by atoms with Crippen LogP contribution in [0.2, 0.25) is 0 Å². The van der Waals surface area contributed by atoms with Gasteiger partial charge in [0.25, 0.3) is 0 Å². The number of hydrogen-bond acceptors (Lipinski definition) is 4. The Morgan fingerprint density at radius 1 is 1.26 bits per heavy atom. The van der Waals surface area contributed by atoms with Crippen LogP contribution in [0.5, 0.6) is 0 Å². The van der Waals surface area contributed by atoms with Crippen LogP contribution >= 0.6 is 11.3 Å². The quantitative estimate of drug-likeness (QED) is 0.543. The highest BCUT2D eigenvalue weighted by Crippen LogP contribution is 2.24. The van der Waals surface area contributed by atoms with E-state index in [0.29, 0.717) is 17.7 Å². The summed E-state index contributed by atoms with van der Waals surface area (Å²) < 4.78 is 12.9. The minimum absolute atomic E-state index is 0.0884. The normalized spacial score (nSPS) is 15.5. The molecular weight excluding hydrogens is 365 g/mol. The van der Waals surface area contributed by atoms with Gasteiger partial charge in [-0.2, -0.15) is 0 Å². The summed E-state index contributed by atoms with van der Waals surface area (Å²) in [5.74, 6) is 0.0664. The first-order chi connectivity index (χ1) is 13.1. The number of benzene rings is 1. The van der Waals surface area contributed by atoms with Gasteiger partial charge in [-0.3, -0.25) is 9.79 Å². The molecule has 0 saturated carbocycles. The molecule has 0 unspecified atom stereocenters. The molecule has 1 aliphatic heterocycles. The fraction of sp³-hybridized carbons (Fsp3) is 0.368. The highest BCUT2D eigenvalue weighted by molar-refractivity contribution is 7.14. The van der Waals surface area contributed by atoms with Crippen LogP contribution in [-0.4, -0.2) is 44.6 Å². The van der Waals surface area contributed by atoms with Gasteiger partial charge in [0.05, 0.1) is 11.5 Å². The highest BCUT2D eigenvalue weighted by atomic mass is 32.1. The number of carbonyl (C=O) groups excluding carboxylic acids is 1. The van der Waals surface area contributed by atoms with Crippen LogP contribution in [0, 0.1) is 5.82 Å². The Morgan fingerprint density at radius 3 is 2.63 bits per heavy atom. The third-order valence-corrected chi connectivity index (χ3v) is 5.35. The van der Waals surface area contributed by atoms with Crippen molar-refractivity contribution in [3.8, 4) is 0 Å². The Balaban J connectivity index is 1.40. The molecule has 0 spiro atoms. The molecule has 3 rings (SSSR count). The van der Waals surface area contributed by atoms with Gasteiger partial charge in [-0.25, -0.2) is 4.39 Å². The number of hydrogen-bond donors (Lipinski definition) is 3. The summed E-state index contributed by atoms with van der Waals surface area (Å²) in [7, 11) is 1.69. The predicted octanol–water partition coefficient (Wildman–Crippen LogP) is 2.66. The van der Waals surface area contributed by atoms with E-state index in [4.69, 9.17) is 0 Å². The number of piperidine rings is 1. The van der Waals surface area contributed by atoms with Crippen molar-refractivity contribution in [2.75, 3.05) is 36.9 Å². The number of guanidine groups is 1.